The largest absolute Gasteiger partial charge is 0.487 e. The Morgan fingerprint density at radius 3 is 2.69 bits per heavy atom. The third-order valence-electron chi connectivity index (χ3n) is 6.20. The fourth-order valence-electron chi connectivity index (χ4n) is 4.37. The molecule has 0 saturated heterocycles. The molecule has 29 heavy (non-hydrogen) atoms. The van der Waals surface area contributed by atoms with Crippen LogP contribution in [0.5, 0.6) is 5.75 Å². The Morgan fingerprint density at radius 2 is 1.97 bits per heavy atom. The molecule has 0 spiro atoms. The number of ether oxygens (including phenoxy) is 1. The molecular formula is C19H23F3N6O. The van der Waals surface area contributed by atoms with Crippen molar-refractivity contribution in [1.82, 2.24) is 19.7 Å². The number of halogens is 3. The zero-order valence-electron chi connectivity index (χ0n) is 16.1. The lowest BCUT2D eigenvalue weighted by Crippen LogP contribution is -2.30. The van der Waals surface area contributed by atoms with E-state index in [0.29, 0.717) is 18.2 Å². The molecule has 2 aromatic rings. The molecule has 2 fully saturated rings. The number of anilines is 3. The highest BCUT2D eigenvalue weighted by Gasteiger charge is 2.38. The van der Waals surface area contributed by atoms with E-state index >= 15 is 0 Å². The van der Waals surface area contributed by atoms with Gasteiger partial charge in [-0.1, -0.05) is 6.42 Å². The molecular weight excluding hydrogens is 385 g/mol. The molecule has 156 valence electrons. The second kappa shape index (κ2) is 6.77. The van der Waals surface area contributed by atoms with Crippen LogP contribution in [0.15, 0.2) is 6.20 Å². The quantitative estimate of drug-likeness (QED) is 0.726. The van der Waals surface area contributed by atoms with Crippen molar-refractivity contribution in [2.24, 2.45) is 5.92 Å². The minimum atomic E-state index is -4.53. The van der Waals surface area contributed by atoms with Crippen molar-refractivity contribution in [3.05, 3.63) is 17.5 Å². The Hall–Kier alpha value is -2.52. The van der Waals surface area contributed by atoms with Crippen molar-refractivity contribution in [3.8, 4) is 5.75 Å². The summed E-state index contributed by atoms with van der Waals surface area (Å²) in [5, 5.41) is 10.8. The van der Waals surface area contributed by atoms with Gasteiger partial charge in [-0.15, -0.1) is 0 Å². The molecule has 2 saturated carbocycles. The number of aromatic nitrogens is 4. The van der Waals surface area contributed by atoms with Gasteiger partial charge in [-0.3, -0.25) is 0 Å². The molecule has 7 nitrogen and oxygen atoms in total. The van der Waals surface area contributed by atoms with Crippen molar-refractivity contribution in [3.63, 3.8) is 0 Å². The van der Waals surface area contributed by atoms with E-state index in [1.807, 2.05) is 11.6 Å². The lowest BCUT2D eigenvalue weighted by molar-refractivity contribution is -0.137. The zero-order chi connectivity index (χ0) is 20.2. The van der Waals surface area contributed by atoms with E-state index in [-0.39, 0.29) is 29.8 Å². The Bertz CT molecular complexity index is 923. The molecule has 3 heterocycles. The van der Waals surface area contributed by atoms with Crippen LogP contribution in [0.1, 0.15) is 55.8 Å². The topological polar surface area (TPSA) is 76.9 Å². The predicted octanol–water partition coefficient (Wildman–Crippen LogP) is 4.44. The van der Waals surface area contributed by atoms with Gasteiger partial charge < -0.3 is 15.4 Å². The molecule has 5 rings (SSSR count). The minimum absolute atomic E-state index is 0.0993. The molecule has 2 bridgehead atoms. The highest BCUT2D eigenvalue weighted by atomic mass is 19.4. The van der Waals surface area contributed by atoms with Crippen LogP contribution in [0.2, 0.25) is 0 Å². The maximum Gasteiger partial charge on any atom is 0.421 e. The van der Waals surface area contributed by atoms with Gasteiger partial charge in [0, 0.05) is 18.2 Å². The van der Waals surface area contributed by atoms with Gasteiger partial charge >= 0.3 is 6.18 Å². The molecule has 1 aliphatic heterocycles. The van der Waals surface area contributed by atoms with E-state index in [0.717, 1.165) is 50.4 Å². The molecule has 2 aromatic heterocycles. The van der Waals surface area contributed by atoms with Crippen LogP contribution in [0.4, 0.5) is 30.8 Å². The van der Waals surface area contributed by atoms with E-state index in [2.05, 4.69) is 25.7 Å². The number of rotatable bonds is 1. The van der Waals surface area contributed by atoms with E-state index in [4.69, 9.17) is 4.74 Å². The standard InChI is InChI=1S/C19H23F3N6O/c1-10-15-17(28(27-10)12-5-3-6-12)26-18-23-8-13(19(20,21)22)16(25-18)24-14-7-2-4-11(14)9-29-15/h8,11-12,14H,2-7,9H2,1H3,(H2,23,24,25,26)/t11?,14-/m1/s1. The van der Waals surface area contributed by atoms with Gasteiger partial charge in [0.25, 0.3) is 0 Å². The van der Waals surface area contributed by atoms with Crippen LogP contribution in [0.3, 0.4) is 0 Å². The first kappa shape index (κ1) is 18.5. The maximum atomic E-state index is 13.5. The van der Waals surface area contributed by atoms with E-state index in [9.17, 15) is 13.2 Å². The van der Waals surface area contributed by atoms with Gasteiger partial charge in [0.05, 0.1) is 12.6 Å². The Kier molecular flexibility index (Phi) is 4.32. The molecule has 0 aromatic carbocycles. The first-order valence-corrected chi connectivity index (χ1v) is 10.1. The van der Waals surface area contributed by atoms with Crippen LogP contribution < -0.4 is 15.4 Å². The van der Waals surface area contributed by atoms with Crippen LogP contribution in [-0.2, 0) is 6.18 Å². The summed E-state index contributed by atoms with van der Waals surface area (Å²) in [5.74, 6) is 1.28. The molecule has 2 aliphatic carbocycles. The number of aryl methyl sites for hydroxylation is 1. The number of hydrogen-bond acceptors (Lipinski definition) is 6. The van der Waals surface area contributed by atoms with Crippen molar-refractivity contribution in [2.75, 3.05) is 17.2 Å². The van der Waals surface area contributed by atoms with E-state index < -0.39 is 11.7 Å². The Morgan fingerprint density at radius 1 is 1.17 bits per heavy atom. The fourth-order valence-corrected chi connectivity index (χ4v) is 4.37. The highest BCUT2D eigenvalue weighted by molar-refractivity contribution is 5.62. The summed E-state index contributed by atoms with van der Waals surface area (Å²) in [7, 11) is 0. The monoisotopic (exact) mass is 408 g/mol. The summed E-state index contributed by atoms with van der Waals surface area (Å²) < 4.78 is 48.6. The molecule has 1 unspecified atom stereocenters. The molecule has 0 radical (unpaired) electrons. The lowest BCUT2D eigenvalue weighted by Gasteiger charge is -2.27. The van der Waals surface area contributed by atoms with Gasteiger partial charge in [-0.05, 0) is 39.0 Å². The average molecular weight is 408 g/mol. The number of hydrogen-bond donors (Lipinski definition) is 2. The number of alkyl halides is 3. The predicted molar refractivity (Wildman–Crippen MR) is 100 cm³/mol. The van der Waals surface area contributed by atoms with E-state index in [1.165, 1.54) is 0 Å². The Labute approximate surface area is 166 Å². The first-order chi connectivity index (χ1) is 13.9. The smallest absolute Gasteiger partial charge is 0.421 e. The van der Waals surface area contributed by atoms with Gasteiger partial charge in [0.1, 0.15) is 17.1 Å². The number of fused-ring (bicyclic) bond motifs is 4. The molecule has 2 N–H and O–H groups in total. The van der Waals surface area contributed by atoms with Crippen LogP contribution in [-0.4, -0.2) is 32.4 Å². The summed E-state index contributed by atoms with van der Waals surface area (Å²) in [6, 6.07) is 0.132. The molecule has 10 heteroatoms. The normalized spacial score (nSPS) is 24.3. The third kappa shape index (κ3) is 3.28. The van der Waals surface area contributed by atoms with Gasteiger partial charge in [0.15, 0.2) is 11.6 Å². The second-order valence-electron chi connectivity index (χ2n) is 8.12. The lowest BCUT2D eigenvalue weighted by atomic mass is 9.93. The van der Waals surface area contributed by atoms with Crippen LogP contribution in [0, 0.1) is 12.8 Å². The molecule has 2 atom stereocenters. The van der Waals surface area contributed by atoms with Crippen molar-refractivity contribution >= 4 is 17.6 Å². The average Bonchev–Trinajstić information content (AvgIpc) is 3.15. The van der Waals surface area contributed by atoms with Gasteiger partial charge in [-0.2, -0.15) is 23.3 Å². The minimum Gasteiger partial charge on any atom is -0.487 e. The number of nitrogens with one attached hydrogen (secondary N) is 2. The van der Waals surface area contributed by atoms with Crippen molar-refractivity contribution in [2.45, 2.75) is 63.7 Å². The summed E-state index contributed by atoms with van der Waals surface area (Å²) in [6.45, 7) is 2.31. The SMILES string of the molecule is Cc1nn(C2CCC2)c2c1OCC1CCC[C@H]1Nc1nc(ncc1C(F)(F)F)N2. The summed E-state index contributed by atoms with van der Waals surface area (Å²) in [6.07, 6.45) is 2.10. The van der Waals surface area contributed by atoms with Crippen molar-refractivity contribution in [1.29, 1.82) is 0 Å². The summed E-state index contributed by atoms with van der Waals surface area (Å²) in [4.78, 5) is 8.14. The molecule has 0 amide bonds. The van der Waals surface area contributed by atoms with Crippen LogP contribution >= 0.6 is 0 Å². The maximum absolute atomic E-state index is 13.5. The van der Waals surface area contributed by atoms with Crippen molar-refractivity contribution < 1.29 is 17.9 Å². The molecule has 3 aliphatic rings. The fraction of sp³-hybridized carbons (Fsp3) is 0.632. The second-order valence-corrected chi connectivity index (χ2v) is 8.12. The van der Waals surface area contributed by atoms with Gasteiger partial charge in [-0.25, -0.2) is 9.67 Å². The van der Waals surface area contributed by atoms with Crippen LogP contribution in [0.25, 0.3) is 0 Å². The van der Waals surface area contributed by atoms with E-state index in [1.54, 1.807) is 0 Å². The summed E-state index contributed by atoms with van der Waals surface area (Å²) in [5.41, 5.74) is -0.0916. The first-order valence-electron chi connectivity index (χ1n) is 10.1. The zero-order valence-corrected chi connectivity index (χ0v) is 16.1. The third-order valence-corrected chi connectivity index (χ3v) is 6.20. The Balaban J connectivity index is 1.61. The summed E-state index contributed by atoms with van der Waals surface area (Å²) >= 11 is 0. The number of nitrogens with zero attached hydrogens (tertiary/aromatic N) is 4. The highest BCUT2D eigenvalue weighted by Crippen LogP contribution is 2.42. The van der Waals surface area contributed by atoms with Gasteiger partial charge in [0.2, 0.25) is 5.95 Å².